The zero-order chi connectivity index (χ0) is 10.8. The first-order valence-corrected chi connectivity index (χ1v) is 5.17. The molecule has 4 heteroatoms. The first-order valence-electron chi connectivity index (χ1n) is 5.17. The predicted octanol–water partition coefficient (Wildman–Crippen LogP) is 2.83. The van der Waals surface area contributed by atoms with Gasteiger partial charge in [0, 0.05) is 19.2 Å². The van der Waals surface area contributed by atoms with Gasteiger partial charge in [-0.05, 0) is 18.4 Å². The Morgan fingerprint density at radius 1 is 1.27 bits per heavy atom. The smallest absolute Gasteiger partial charge is 0.151 e. The second kappa shape index (κ2) is 4.04. The summed E-state index contributed by atoms with van der Waals surface area (Å²) in [5.74, 6) is -0.635. The molecule has 0 saturated carbocycles. The maximum atomic E-state index is 13.4. The quantitative estimate of drug-likeness (QED) is 0.748. The van der Waals surface area contributed by atoms with Crippen molar-refractivity contribution in [2.75, 3.05) is 23.7 Å². The predicted molar refractivity (Wildman–Crippen MR) is 57.1 cm³/mol. The summed E-state index contributed by atoms with van der Waals surface area (Å²) < 4.78 is 26.4. The van der Waals surface area contributed by atoms with E-state index in [2.05, 4.69) is 17.6 Å². The van der Waals surface area contributed by atoms with E-state index < -0.39 is 11.6 Å². The Hall–Kier alpha value is -1.32. The molecule has 2 nitrogen and oxygen atoms in total. The van der Waals surface area contributed by atoms with Crippen molar-refractivity contribution in [1.82, 2.24) is 0 Å². The summed E-state index contributed by atoms with van der Waals surface area (Å²) in [4.78, 5) is 0. The Morgan fingerprint density at radius 2 is 2.00 bits per heavy atom. The van der Waals surface area contributed by atoms with Crippen LogP contribution in [0.15, 0.2) is 12.1 Å². The van der Waals surface area contributed by atoms with Crippen LogP contribution in [0.25, 0.3) is 0 Å². The van der Waals surface area contributed by atoms with Crippen molar-refractivity contribution in [3.05, 3.63) is 23.8 Å². The van der Waals surface area contributed by atoms with Crippen LogP contribution in [0.1, 0.15) is 13.3 Å². The number of rotatable bonds is 1. The lowest BCUT2D eigenvalue weighted by molar-refractivity contribution is 0.567. The van der Waals surface area contributed by atoms with Crippen molar-refractivity contribution in [1.29, 1.82) is 0 Å². The third-order valence-corrected chi connectivity index (χ3v) is 2.78. The molecular formula is C11H14F2N2. The topological polar surface area (TPSA) is 24.1 Å². The molecule has 1 aliphatic rings. The van der Waals surface area contributed by atoms with Gasteiger partial charge in [0.2, 0.25) is 0 Å². The van der Waals surface area contributed by atoms with Crippen LogP contribution < -0.4 is 10.6 Å². The molecule has 82 valence electrons. The van der Waals surface area contributed by atoms with Gasteiger partial charge >= 0.3 is 0 Å². The average molecular weight is 212 g/mol. The molecule has 2 N–H and O–H groups in total. The van der Waals surface area contributed by atoms with Crippen molar-refractivity contribution >= 4 is 11.4 Å². The highest BCUT2D eigenvalue weighted by molar-refractivity contribution is 5.70. The monoisotopic (exact) mass is 212 g/mol. The lowest BCUT2D eigenvalue weighted by atomic mass is 10.1. The van der Waals surface area contributed by atoms with Crippen molar-refractivity contribution in [2.24, 2.45) is 5.92 Å². The second-order valence-corrected chi connectivity index (χ2v) is 3.85. The minimum Gasteiger partial charge on any atom is -0.383 e. The molecule has 0 aromatic heterocycles. The zero-order valence-electron chi connectivity index (χ0n) is 8.61. The van der Waals surface area contributed by atoms with Crippen molar-refractivity contribution in [2.45, 2.75) is 13.3 Å². The normalized spacial score (nSPS) is 19.8. The number of nitrogens with one attached hydrogen (secondary N) is 2. The summed E-state index contributed by atoms with van der Waals surface area (Å²) in [6.07, 6.45) is 1.01. The van der Waals surface area contributed by atoms with E-state index in [9.17, 15) is 8.78 Å². The maximum Gasteiger partial charge on any atom is 0.151 e. The summed E-state index contributed by atoms with van der Waals surface area (Å²) in [5.41, 5.74) is 0.899. The van der Waals surface area contributed by atoms with E-state index in [1.165, 1.54) is 6.07 Å². The van der Waals surface area contributed by atoms with Crippen molar-refractivity contribution in [3.8, 4) is 0 Å². The van der Waals surface area contributed by atoms with Crippen LogP contribution in [0, 0.1) is 17.6 Å². The van der Waals surface area contributed by atoms with Gasteiger partial charge in [0.1, 0.15) is 5.82 Å². The fourth-order valence-corrected chi connectivity index (χ4v) is 1.75. The molecule has 1 aliphatic heterocycles. The Morgan fingerprint density at radius 3 is 2.73 bits per heavy atom. The largest absolute Gasteiger partial charge is 0.383 e. The summed E-state index contributed by atoms with van der Waals surface area (Å²) in [5, 5.41) is 6.08. The van der Waals surface area contributed by atoms with Crippen LogP contribution in [0.2, 0.25) is 0 Å². The van der Waals surface area contributed by atoms with Crippen LogP contribution in [0.5, 0.6) is 0 Å². The summed E-state index contributed by atoms with van der Waals surface area (Å²) in [6, 6.07) is 2.23. The summed E-state index contributed by atoms with van der Waals surface area (Å²) >= 11 is 0. The molecule has 2 rings (SSSR count). The van der Waals surface area contributed by atoms with E-state index in [0.29, 0.717) is 17.3 Å². The van der Waals surface area contributed by atoms with Crippen LogP contribution in [0.4, 0.5) is 20.2 Å². The van der Waals surface area contributed by atoms with Crippen molar-refractivity contribution < 1.29 is 8.78 Å². The van der Waals surface area contributed by atoms with Crippen LogP contribution in [-0.2, 0) is 0 Å². The van der Waals surface area contributed by atoms with Crippen molar-refractivity contribution in [3.63, 3.8) is 0 Å². The van der Waals surface area contributed by atoms with Gasteiger partial charge in [-0.2, -0.15) is 0 Å². The SMILES string of the molecule is CCC1CNc2cc(F)cc(F)c2NC1. The summed E-state index contributed by atoms with van der Waals surface area (Å²) in [6.45, 7) is 3.55. The van der Waals surface area contributed by atoms with Crippen LogP contribution in [-0.4, -0.2) is 13.1 Å². The number of anilines is 2. The molecule has 1 aromatic rings. The van der Waals surface area contributed by atoms with E-state index in [-0.39, 0.29) is 0 Å². The molecule has 1 unspecified atom stereocenters. The number of fused-ring (bicyclic) bond motifs is 1. The van der Waals surface area contributed by atoms with Gasteiger partial charge in [0.05, 0.1) is 11.4 Å². The fourth-order valence-electron chi connectivity index (χ4n) is 1.75. The van der Waals surface area contributed by atoms with E-state index in [0.717, 1.165) is 25.6 Å². The third kappa shape index (κ3) is 2.03. The summed E-state index contributed by atoms with van der Waals surface area (Å²) in [7, 11) is 0. The number of halogens is 2. The third-order valence-electron chi connectivity index (χ3n) is 2.78. The number of hydrogen-bond acceptors (Lipinski definition) is 2. The molecule has 1 aromatic carbocycles. The lowest BCUT2D eigenvalue weighted by Crippen LogP contribution is -2.17. The van der Waals surface area contributed by atoms with E-state index in [1.807, 2.05) is 0 Å². The average Bonchev–Trinajstić information content (AvgIpc) is 2.40. The Labute approximate surface area is 87.7 Å². The molecule has 0 amide bonds. The zero-order valence-corrected chi connectivity index (χ0v) is 8.61. The molecule has 15 heavy (non-hydrogen) atoms. The van der Waals surface area contributed by atoms with E-state index >= 15 is 0 Å². The minimum atomic E-state index is -0.546. The molecular weight excluding hydrogens is 198 g/mol. The van der Waals surface area contributed by atoms with Gasteiger partial charge in [-0.25, -0.2) is 8.78 Å². The van der Waals surface area contributed by atoms with Gasteiger partial charge in [-0.1, -0.05) is 6.92 Å². The molecule has 1 heterocycles. The highest BCUT2D eigenvalue weighted by Gasteiger charge is 2.17. The molecule has 0 fully saturated rings. The Balaban J connectivity index is 2.31. The highest BCUT2D eigenvalue weighted by atomic mass is 19.1. The second-order valence-electron chi connectivity index (χ2n) is 3.85. The Kier molecular flexibility index (Phi) is 2.75. The number of benzene rings is 1. The molecule has 0 saturated heterocycles. The van der Waals surface area contributed by atoms with Crippen LogP contribution >= 0.6 is 0 Å². The first-order chi connectivity index (χ1) is 7.20. The molecule has 1 atom stereocenters. The molecule has 0 bridgehead atoms. The van der Waals surface area contributed by atoms with Crippen LogP contribution in [0.3, 0.4) is 0 Å². The van der Waals surface area contributed by atoms with Gasteiger partial charge in [0.25, 0.3) is 0 Å². The first kappa shape index (κ1) is 10.2. The van der Waals surface area contributed by atoms with E-state index in [1.54, 1.807) is 0 Å². The standard InChI is InChI=1S/C11H14F2N2/c1-2-7-5-14-10-4-8(12)3-9(13)11(10)15-6-7/h3-4,7,14-15H,2,5-6H2,1H3. The van der Waals surface area contributed by atoms with Gasteiger partial charge in [0.15, 0.2) is 5.82 Å². The number of hydrogen-bond donors (Lipinski definition) is 2. The molecule has 0 radical (unpaired) electrons. The van der Waals surface area contributed by atoms with Gasteiger partial charge < -0.3 is 10.6 Å². The highest BCUT2D eigenvalue weighted by Crippen LogP contribution is 2.29. The fraction of sp³-hybridized carbons (Fsp3) is 0.455. The van der Waals surface area contributed by atoms with Gasteiger partial charge in [-0.15, -0.1) is 0 Å². The minimum absolute atomic E-state index is 0.382. The molecule has 0 aliphatic carbocycles. The lowest BCUT2D eigenvalue weighted by Gasteiger charge is -2.10. The van der Waals surface area contributed by atoms with Gasteiger partial charge in [-0.3, -0.25) is 0 Å². The maximum absolute atomic E-state index is 13.4. The van der Waals surface area contributed by atoms with E-state index in [4.69, 9.17) is 0 Å². The Bertz CT molecular complexity index is 366. The molecule has 0 spiro atoms.